The lowest BCUT2D eigenvalue weighted by atomic mass is 9.95. The van der Waals surface area contributed by atoms with Gasteiger partial charge >= 0.3 is 5.91 Å². The van der Waals surface area contributed by atoms with Crippen molar-refractivity contribution >= 4 is 57.3 Å². The van der Waals surface area contributed by atoms with Crippen molar-refractivity contribution in [1.82, 2.24) is 10.2 Å². The summed E-state index contributed by atoms with van der Waals surface area (Å²) in [6.07, 6.45) is 3.02. The van der Waals surface area contributed by atoms with Crippen LogP contribution in [0.5, 0.6) is 17.2 Å². The Hall–Kier alpha value is -4.06. The van der Waals surface area contributed by atoms with E-state index in [1.165, 1.54) is 28.0 Å². The fourth-order valence-corrected chi connectivity index (χ4v) is 7.04. The van der Waals surface area contributed by atoms with Gasteiger partial charge in [0.2, 0.25) is 5.13 Å². The molecule has 2 aliphatic heterocycles. The van der Waals surface area contributed by atoms with Crippen LogP contribution in [0.1, 0.15) is 48.9 Å². The summed E-state index contributed by atoms with van der Waals surface area (Å²) in [4.78, 5) is 28.7. The molecule has 1 atom stereocenters. The number of Topliss-reactive ketones (excluding diaryl/α,β-unsaturated/α-hetero) is 1. The topological polar surface area (TPSA) is 111 Å². The van der Waals surface area contributed by atoms with Crippen LogP contribution in [-0.2, 0) is 15.3 Å². The van der Waals surface area contributed by atoms with Crippen molar-refractivity contribution in [2.45, 2.75) is 42.3 Å². The number of carbonyl (C=O) groups is 2. The number of thioether (sulfide) groups is 1. The molecule has 4 aromatic rings. The normalized spacial score (nSPS) is 17.1. The van der Waals surface area contributed by atoms with Gasteiger partial charge < -0.3 is 19.3 Å². The van der Waals surface area contributed by atoms with Crippen molar-refractivity contribution in [3.05, 3.63) is 94.0 Å². The number of fused-ring (bicyclic) bond motifs is 1. The molecule has 3 aromatic carbocycles. The van der Waals surface area contributed by atoms with Gasteiger partial charge in [0.25, 0.3) is 5.78 Å². The number of carbonyl (C=O) groups excluding carboxylic acids is 2. The third-order valence-electron chi connectivity index (χ3n) is 7.33. The number of unbranched alkanes of at least 4 members (excludes halogenated alkanes) is 2. The molecule has 0 aliphatic carbocycles. The summed E-state index contributed by atoms with van der Waals surface area (Å²) >= 11 is 8.68. The van der Waals surface area contributed by atoms with E-state index in [4.69, 9.17) is 25.8 Å². The molecule has 2 aliphatic rings. The van der Waals surface area contributed by atoms with Gasteiger partial charge in [-0.3, -0.25) is 14.5 Å². The number of ketones is 1. The molecule has 0 saturated carbocycles. The van der Waals surface area contributed by atoms with Crippen molar-refractivity contribution in [1.29, 1.82) is 0 Å². The number of aliphatic hydroxyl groups excluding tert-OH is 1. The average Bonchev–Trinajstić information content (AvgIpc) is 3.64. The second kappa shape index (κ2) is 13.9. The standard InChI is InChI=1S/C33H30ClN3O6S2/c1-2-3-4-14-41-24-7-5-6-21(17-24)28-27(29(38)22-10-13-25-26(18-22)43-16-15-42-25)30(39)31(40)37(28)32-35-36-33(45-32)44-19-20-8-11-23(34)12-9-20/h5-13,17-18,28,38H,2-4,14-16,19H2,1H3/b29-27+. The van der Waals surface area contributed by atoms with Gasteiger partial charge in [-0.05, 0) is 60.0 Å². The third kappa shape index (κ3) is 6.80. The minimum atomic E-state index is -0.973. The van der Waals surface area contributed by atoms with E-state index in [0.29, 0.717) is 63.3 Å². The fourth-order valence-electron chi connectivity index (χ4n) is 5.09. The molecule has 0 spiro atoms. The first-order chi connectivity index (χ1) is 21.9. The Bertz CT molecular complexity index is 1740. The van der Waals surface area contributed by atoms with Crippen molar-refractivity contribution in [2.24, 2.45) is 0 Å². The SMILES string of the molecule is CCCCCOc1cccc(C2/C(=C(\O)c3ccc4c(c3)OCCO4)C(=O)C(=O)N2c2nnc(SCc3ccc(Cl)cc3)s2)c1. The molecule has 12 heteroatoms. The Kier molecular flexibility index (Phi) is 9.58. The van der Waals surface area contributed by atoms with Gasteiger partial charge in [0.1, 0.15) is 24.7 Å². The molecule has 1 fully saturated rings. The van der Waals surface area contributed by atoms with Crippen molar-refractivity contribution in [3.63, 3.8) is 0 Å². The number of amides is 1. The van der Waals surface area contributed by atoms with Gasteiger partial charge in [-0.2, -0.15) is 0 Å². The summed E-state index contributed by atoms with van der Waals surface area (Å²) in [6.45, 7) is 3.45. The zero-order valence-corrected chi connectivity index (χ0v) is 26.8. The molecule has 9 nitrogen and oxygen atoms in total. The van der Waals surface area contributed by atoms with Gasteiger partial charge in [0, 0.05) is 16.3 Å². The second-order valence-corrected chi connectivity index (χ2v) is 13.0. The fraction of sp³-hybridized carbons (Fsp3) is 0.273. The third-order valence-corrected chi connectivity index (χ3v) is 9.71. The Labute approximate surface area is 273 Å². The lowest BCUT2D eigenvalue weighted by Gasteiger charge is -2.23. The molecule has 1 aromatic heterocycles. The van der Waals surface area contributed by atoms with E-state index in [0.717, 1.165) is 24.8 Å². The highest BCUT2D eigenvalue weighted by Gasteiger charge is 2.48. The number of anilines is 1. The molecule has 1 unspecified atom stereocenters. The van der Waals surface area contributed by atoms with Gasteiger partial charge in [0.05, 0.1) is 18.2 Å². The summed E-state index contributed by atoms with van der Waals surface area (Å²) in [5.41, 5.74) is 1.90. The van der Waals surface area contributed by atoms with E-state index >= 15 is 0 Å². The molecule has 0 radical (unpaired) electrons. The van der Waals surface area contributed by atoms with Gasteiger partial charge in [-0.15, -0.1) is 10.2 Å². The number of rotatable bonds is 11. The minimum absolute atomic E-state index is 0.0645. The molecule has 1 amide bonds. The summed E-state index contributed by atoms with van der Waals surface area (Å²) in [6, 6.07) is 18.7. The second-order valence-electron chi connectivity index (χ2n) is 10.4. The molecule has 1 N–H and O–H groups in total. The number of aromatic nitrogens is 2. The summed E-state index contributed by atoms with van der Waals surface area (Å²) in [7, 11) is 0. The predicted molar refractivity (Wildman–Crippen MR) is 175 cm³/mol. The lowest BCUT2D eigenvalue weighted by molar-refractivity contribution is -0.132. The first kappa shape index (κ1) is 30.9. The largest absolute Gasteiger partial charge is 0.507 e. The van der Waals surface area contributed by atoms with Gasteiger partial charge in [-0.1, -0.05) is 78.7 Å². The average molecular weight is 664 g/mol. The zero-order chi connectivity index (χ0) is 31.3. The highest BCUT2D eigenvalue weighted by Crippen LogP contribution is 2.45. The Morgan fingerprint density at radius 1 is 1.04 bits per heavy atom. The summed E-state index contributed by atoms with van der Waals surface area (Å²) < 4.78 is 17.9. The van der Waals surface area contributed by atoms with Crippen LogP contribution in [0.25, 0.3) is 5.76 Å². The van der Waals surface area contributed by atoms with Crippen molar-refractivity contribution in [3.8, 4) is 17.2 Å². The molecule has 45 heavy (non-hydrogen) atoms. The van der Waals surface area contributed by atoms with E-state index in [9.17, 15) is 14.7 Å². The minimum Gasteiger partial charge on any atom is -0.507 e. The molecular weight excluding hydrogens is 634 g/mol. The highest BCUT2D eigenvalue weighted by molar-refractivity contribution is 8.00. The Balaban J connectivity index is 1.37. The van der Waals surface area contributed by atoms with Crippen LogP contribution >= 0.6 is 34.7 Å². The van der Waals surface area contributed by atoms with Gasteiger partial charge in [-0.25, -0.2) is 0 Å². The zero-order valence-electron chi connectivity index (χ0n) is 24.4. The Morgan fingerprint density at radius 3 is 2.64 bits per heavy atom. The molecule has 3 heterocycles. The smallest absolute Gasteiger partial charge is 0.301 e. The van der Waals surface area contributed by atoms with E-state index in [-0.39, 0.29) is 16.5 Å². The van der Waals surface area contributed by atoms with Crippen LogP contribution in [-0.4, -0.2) is 46.8 Å². The first-order valence-corrected chi connectivity index (χ1v) is 16.8. The summed E-state index contributed by atoms with van der Waals surface area (Å²) in [5.74, 6) is 0.255. The lowest BCUT2D eigenvalue weighted by Crippen LogP contribution is -2.29. The predicted octanol–water partition coefficient (Wildman–Crippen LogP) is 7.45. The van der Waals surface area contributed by atoms with E-state index in [1.807, 2.05) is 36.4 Å². The van der Waals surface area contributed by atoms with Crippen LogP contribution in [0, 0.1) is 0 Å². The maximum atomic E-state index is 13.7. The van der Waals surface area contributed by atoms with Crippen molar-refractivity contribution < 1.29 is 28.9 Å². The molecule has 0 bridgehead atoms. The number of hydrogen-bond donors (Lipinski definition) is 1. The highest BCUT2D eigenvalue weighted by atomic mass is 35.5. The van der Waals surface area contributed by atoms with Gasteiger partial charge in [0.15, 0.2) is 15.8 Å². The quantitative estimate of drug-likeness (QED) is 0.0437. The molecule has 232 valence electrons. The number of ether oxygens (including phenoxy) is 3. The molecule has 6 rings (SSSR count). The van der Waals surface area contributed by atoms with E-state index < -0.39 is 17.7 Å². The summed E-state index contributed by atoms with van der Waals surface area (Å²) in [5, 5.41) is 21.1. The number of aliphatic hydroxyl groups is 1. The Morgan fingerprint density at radius 2 is 1.84 bits per heavy atom. The van der Waals surface area contributed by atoms with E-state index in [2.05, 4.69) is 17.1 Å². The van der Waals surface area contributed by atoms with E-state index in [1.54, 1.807) is 30.3 Å². The molecule has 1 saturated heterocycles. The molecular formula is C33H30ClN3O6S2. The first-order valence-electron chi connectivity index (χ1n) is 14.6. The maximum absolute atomic E-state index is 13.7. The maximum Gasteiger partial charge on any atom is 0.301 e. The number of hydrogen-bond acceptors (Lipinski definition) is 10. The van der Waals surface area contributed by atoms with Crippen LogP contribution in [0.3, 0.4) is 0 Å². The van der Waals surface area contributed by atoms with Crippen LogP contribution in [0.15, 0.2) is 76.6 Å². The number of nitrogens with zero attached hydrogens (tertiary/aromatic N) is 3. The van der Waals surface area contributed by atoms with Crippen LogP contribution in [0.2, 0.25) is 5.02 Å². The van der Waals surface area contributed by atoms with Crippen molar-refractivity contribution in [2.75, 3.05) is 24.7 Å². The number of halogens is 1. The monoisotopic (exact) mass is 663 g/mol. The van der Waals surface area contributed by atoms with Crippen LogP contribution in [0.4, 0.5) is 5.13 Å². The van der Waals surface area contributed by atoms with Crippen LogP contribution < -0.4 is 19.1 Å². The number of benzene rings is 3.